The number of ether oxygens (including phenoxy) is 1. The number of carbonyl (C=O) groups is 1. The van der Waals surface area contributed by atoms with Gasteiger partial charge in [-0.1, -0.05) is 30.0 Å². The summed E-state index contributed by atoms with van der Waals surface area (Å²) in [4.78, 5) is 34.9. The van der Waals surface area contributed by atoms with Gasteiger partial charge in [0.2, 0.25) is 0 Å². The van der Waals surface area contributed by atoms with Crippen molar-refractivity contribution in [3.05, 3.63) is 76.4 Å². The summed E-state index contributed by atoms with van der Waals surface area (Å²) in [5, 5.41) is 9.78. The molecule has 0 spiro atoms. The summed E-state index contributed by atoms with van der Waals surface area (Å²) in [6, 6.07) is 11.4. The maximum absolute atomic E-state index is 13.8. The molecule has 158 valence electrons. The molecule has 2 aromatic carbocycles. The third-order valence-corrected chi connectivity index (χ3v) is 5.07. The van der Waals surface area contributed by atoms with Crippen molar-refractivity contribution in [3.8, 4) is 5.75 Å². The van der Waals surface area contributed by atoms with Crippen LogP contribution in [0.2, 0.25) is 0 Å². The fourth-order valence-corrected chi connectivity index (χ4v) is 3.43. The number of hydrogen-bond donors (Lipinski definition) is 3. The van der Waals surface area contributed by atoms with Gasteiger partial charge < -0.3 is 15.0 Å². The highest BCUT2D eigenvalue weighted by atomic mass is 32.2. The van der Waals surface area contributed by atoms with Crippen LogP contribution in [0.5, 0.6) is 5.75 Å². The van der Waals surface area contributed by atoms with Crippen LogP contribution in [0.15, 0.2) is 58.7 Å². The van der Waals surface area contributed by atoms with Gasteiger partial charge in [-0.25, -0.2) is 14.4 Å². The van der Waals surface area contributed by atoms with Crippen molar-refractivity contribution in [2.24, 2.45) is 0 Å². The zero-order chi connectivity index (χ0) is 21.6. The molecule has 4 aromatic rings. The molecule has 0 saturated carbocycles. The fraction of sp³-hybridized carbons (Fsp3) is 0.150. The average Bonchev–Trinajstić information content (AvgIpc) is 3.29. The van der Waals surface area contributed by atoms with Gasteiger partial charge in [-0.15, -0.1) is 0 Å². The van der Waals surface area contributed by atoms with Gasteiger partial charge in [0.15, 0.2) is 11.0 Å². The molecular formula is C20H17FN6O3S. The molecule has 0 radical (unpaired) electrons. The Labute approximate surface area is 179 Å². The molecule has 4 rings (SSSR count). The predicted octanol–water partition coefficient (Wildman–Crippen LogP) is 2.28. The van der Waals surface area contributed by atoms with E-state index in [0.717, 1.165) is 10.7 Å². The first-order chi connectivity index (χ1) is 15.1. The topological polar surface area (TPSA) is 126 Å². The number of amides is 1. The lowest BCUT2D eigenvalue weighted by atomic mass is 10.2. The number of aromatic nitrogens is 5. The lowest BCUT2D eigenvalue weighted by molar-refractivity contribution is 0.0940. The third-order valence-electron chi connectivity index (χ3n) is 4.23. The second-order valence-electron chi connectivity index (χ2n) is 6.37. The summed E-state index contributed by atoms with van der Waals surface area (Å²) < 4.78 is 19.5. The highest BCUT2D eigenvalue weighted by molar-refractivity contribution is 7.99. The van der Waals surface area contributed by atoms with Crippen LogP contribution in [0.4, 0.5) is 4.39 Å². The molecular weight excluding hydrogens is 423 g/mol. The van der Waals surface area contributed by atoms with E-state index in [1.165, 1.54) is 36.3 Å². The zero-order valence-electron chi connectivity index (χ0n) is 16.1. The third kappa shape index (κ3) is 5.07. The van der Waals surface area contributed by atoms with Gasteiger partial charge in [-0.2, -0.15) is 5.10 Å². The van der Waals surface area contributed by atoms with Crippen molar-refractivity contribution in [1.82, 2.24) is 30.5 Å². The van der Waals surface area contributed by atoms with Gasteiger partial charge in [0.25, 0.3) is 11.5 Å². The van der Waals surface area contributed by atoms with Crippen molar-refractivity contribution >= 4 is 28.6 Å². The summed E-state index contributed by atoms with van der Waals surface area (Å²) >= 11 is 1.49. The van der Waals surface area contributed by atoms with Crippen molar-refractivity contribution in [1.29, 1.82) is 0 Å². The molecule has 9 nitrogen and oxygen atoms in total. The highest BCUT2D eigenvalue weighted by Crippen LogP contribution is 2.16. The van der Waals surface area contributed by atoms with Crippen molar-refractivity contribution in [3.63, 3.8) is 0 Å². The van der Waals surface area contributed by atoms with Crippen LogP contribution in [0.25, 0.3) is 10.9 Å². The largest absolute Gasteiger partial charge is 0.493 e. The maximum atomic E-state index is 13.8. The van der Waals surface area contributed by atoms with Crippen LogP contribution in [-0.4, -0.2) is 43.4 Å². The molecule has 1 amide bonds. The molecule has 11 heteroatoms. The van der Waals surface area contributed by atoms with Crippen LogP contribution in [0.3, 0.4) is 0 Å². The Morgan fingerprint density at radius 1 is 1.23 bits per heavy atom. The molecule has 2 heterocycles. The highest BCUT2D eigenvalue weighted by Gasteiger charge is 2.13. The molecule has 0 bridgehead atoms. The zero-order valence-corrected chi connectivity index (χ0v) is 16.9. The fourth-order valence-electron chi connectivity index (χ4n) is 2.83. The number of H-pyrrole nitrogens is 2. The van der Waals surface area contributed by atoms with E-state index >= 15 is 0 Å². The van der Waals surface area contributed by atoms with Gasteiger partial charge in [0, 0.05) is 12.3 Å². The Balaban J connectivity index is 1.34. The van der Waals surface area contributed by atoms with E-state index in [-0.39, 0.29) is 23.3 Å². The van der Waals surface area contributed by atoms with Crippen LogP contribution in [0.1, 0.15) is 16.2 Å². The Morgan fingerprint density at radius 3 is 2.94 bits per heavy atom. The number of carbonyl (C=O) groups excluding carboxylic acids is 1. The molecule has 2 aromatic heterocycles. The van der Waals surface area contributed by atoms with E-state index < -0.39 is 17.3 Å². The lowest BCUT2D eigenvalue weighted by Gasteiger charge is -2.09. The van der Waals surface area contributed by atoms with E-state index in [9.17, 15) is 14.0 Å². The van der Waals surface area contributed by atoms with Crippen LogP contribution in [0, 0.1) is 5.82 Å². The normalized spacial score (nSPS) is 10.9. The van der Waals surface area contributed by atoms with E-state index in [1.54, 1.807) is 0 Å². The minimum absolute atomic E-state index is 0.118. The van der Waals surface area contributed by atoms with Crippen molar-refractivity contribution < 1.29 is 13.9 Å². The van der Waals surface area contributed by atoms with Crippen molar-refractivity contribution in [2.75, 3.05) is 12.4 Å². The monoisotopic (exact) mass is 440 g/mol. The van der Waals surface area contributed by atoms with Crippen molar-refractivity contribution in [2.45, 2.75) is 11.7 Å². The molecule has 0 unspecified atom stereocenters. The molecule has 0 aliphatic heterocycles. The number of nitrogens with one attached hydrogen (secondary N) is 3. The predicted molar refractivity (Wildman–Crippen MR) is 113 cm³/mol. The van der Waals surface area contributed by atoms with E-state index in [1.807, 2.05) is 24.3 Å². The smallest absolute Gasteiger partial charge is 0.287 e. The molecule has 3 N–H and O–H groups in total. The first-order valence-corrected chi connectivity index (χ1v) is 10.3. The molecule has 31 heavy (non-hydrogen) atoms. The van der Waals surface area contributed by atoms with Gasteiger partial charge in [-0.05, 0) is 29.8 Å². The Morgan fingerprint density at radius 2 is 2.10 bits per heavy atom. The van der Waals surface area contributed by atoms with E-state index in [0.29, 0.717) is 18.1 Å². The lowest BCUT2D eigenvalue weighted by Crippen LogP contribution is -2.27. The second-order valence-corrected chi connectivity index (χ2v) is 7.45. The molecule has 0 fully saturated rings. The number of fused-ring (bicyclic) bond motifs is 1. The van der Waals surface area contributed by atoms with Gasteiger partial charge >= 0.3 is 0 Å². The number of nitrogens with zero attached hydrogens (tertiary/aromatic N) is 3. The van der Waals surface area contributed by atoms with E-state index in [4.69, 9.17) is 4.74 Å². The SMILES string of the molecule is O=C(NCc1cccc(OCCSc2ncn[nH]2)c1)c1nc2cccc(F)c2c(=O)[nH]1. The summed E-state index contributed by atoms with van der Waals surface area (Å²) in [6.07, 6.45) is 1.45. The Kier molecular flexibility index (Phi) is 6.22. The number of thioether (sulfide) groups is 1. The number of aromatic amines is 2. The molecule has 0 saturated heterocycles. The summed E-state index contributed by atoms with van der Waals surface area (Å²) in [5.74, 6) is -0.0811. The molecule has 0 atom stereocenters. The Bertz CT molecular complexity index is 1260. The number of hydrogen-bond acceptors (Lipinski definition) is 7. The number of benzene rings is 2. The summed E-state index contributed by atoms with van der Waals surface area (Å²) in [7, 11) is 0. The second kappa shape index (κ2) is 9.39. The quantitative estimate of drug-likeness (QED) is 0.283. The standard InChI is InChI=1S/C20H17FN6O3S/c21-14-5-2-6-15-16(14)18(28)26-17(25-15)19(29)22-10-12-3-1-4-13(9-12)30-7-8-31-20-23-11-24-27-20/h1-6,9,11H,7-8,10H2,(H,22,29)(H,23,24,27)(H,25,26,28). The van der Waals surface area contributed by atoms with Crippen LogP contribution in [-0.2, 0) is 6.54 Å². The van der Waals surface area contributed by atoms with Crippen LogP contribution < -0.4 is 15.6 Å². The molecule has 0 aliphatic rings. The minimum atomic E-state index is -0.702. The van der Waals surface area contributed by atoms with Gasteiger partial charge in [0.05, 0.1) is 12.1 Å². The first-order valence-electron chi connectivity index (χ1n) is 9.27. The number of rotatable bonds is 8. The molecule has 0 aliphatic carbocycles. The minimum Gasteiger partial charge on any atom is -0.493 e. The average molecular weight is 440 g/mol. The maximum Gasteiger partial charge on any atom is 0.287 e. The van der Waals surface area contributed by atoms with Crippen LogP contribution >= 0.6 is 11.8 Å². The summed E-state index contributed by atoms with van der Waals surface area (Å²) in [6.45, 7) is 0.674. The first kappa shape index (κ1) is 20.5. The van der Waals surface area contributed by atoms with Gasteiger partial charge in [0.1, 0.15) is 23.3 Å². The van der Waals surface area contributed by atoms with E-state index in [2.05, 4.69) is 30.5 Å². The summed E-state index contributed by atoms with van der Waals surface area (Å²) in [5.41, 5.74) is 0.224. The van der Waals surface area contributed by atoms with Gasteiger partial charge in [-0.3, -0.25) is 14.7 Å². The number of halogens is 1. The Hall–Kier alpha value is -3.73.